The fraction of sp³-hybridized carbons (Fsp3) is 0.923. The molecule has 3 heteroatoms. The minimum absolute atomic E-state index is 0.0874. The minimum Gasteiger partial charge on any atom is -0.396 e. The van der Waals surface area contributed by atoms with Crippen LogP contribution in [0.5, 0.6) is 0 Å². The standard InChI is InChI=1S/C13H23NO2/c1-9-2-5-11(6-3-9)14-13(16)12-7-4-10(12)8-15/h9-12,15H,2-8H2,1H3,(H,14,16)/t9?,10-,11?,12+/m0/s1. The SMILES string of the molecule is CC1CCC(NC(=O)[C@@H]2CC[C@H]2CO)CC1. The molecule has 2 atom stereocenters. The minimum atomic E-state index is 0.0874. The van der Waals surface area contributed by atoms with Crippen LogP contribution in [-0.4, -0.2) is 23.7 Å². The first kappa shape index (κ1) is 11.9. The van der Waals surface area contributed by atoms with Gasteiger partial charge in [0.2, 0.25) is 5.91 Å². The van der Waals surface area contributed by atoms with Crippen LogP contribution < -0.4 is 5.32 Å². The molecule has 2 saturated carbocycles. The molecular weight excluding hydrogens is 202 g/mol. The molecule has 0 unspecified atom stereocenters. The number of nitrogens with one attached hydrogen (secondary N) is 1. The summed E-state index contributed by atoms with van der Waals surface area (Å²) in [5.74, 6) is 1.32. The second-order valence-electron chi connectivity index (χ2n) is 5.59. The number of amides is 1. The lowest BCUT2D eigenvalue weighted by Crippen LogP contribution is -2.46. The lowest BCUT2D eigenvalue weighted by molar-refractivity contribution is -0.132. The third-order valence-corrected chi connectivity index (χ3v) is 4.35. The average Bonchev–Trinajstić information content (AvgIpc) is 2.20. The summed E-state index contributed by atoms with van der Waals surface area (Å²) in [5.41, 5.74) is 0. The highest BCUT2D eigenvalue weighted by Crippen LogP contribution is 2.34. The molecular formula is C13H23NO2. The molecule has 0 aromatic heterocycles. The Hall–Kier alpha value is -0.570. The Bertz CT molecular complexity index is 244. The maximum absolute atomic E-state index is 11.9. The first-order valence-corrected chi connectivity index (χ1v) is 6.62. The third kappa shape index (κ3) is 2.57. The smallest absolute Gasteiger partial charge is 0.223 e. The van der Waals surface area contributed by atoms with Crippen LogP contribution in [0.2, 0.25) is 0 Å². The highest BCUT2D eigenvalue weighted by atomic mass is 16.3. The largest absolute Gasteiger partial charge is 0.396 e. The van der Waals surface area contributed by atoms with Crippen molar-refractivity contribution in [3.05, 3.63) is 0 Å². The number of rotatable bonds is 3. The lowest BCUT2D eigenvalue weighted by Gasteiger charge is -2.36. The van der Waals surface area contributed by atoms with Crippen molar-refractivity contribution in [2.75, 3.05) is 6.61 Å². The topological polar surface area (TPSA) is 49.3 Å². The summed E-state index contributed by atoms with van der Waals surface area (Å²) in [6.45, 7) is 2.45. The van der Waals surface area contributed by atoms with Gasteiger partial charge in [0.15, 0.2) is 0 Å². The molecule has 0 radical (unpaired) electrons. The third-order valence-electron chi connectivity index (χ3n) is 4.35. The van der Waals surface area contributed by atoms with E-state index in [2.05, 4.69) is 12.2 Å². The van der Waals surface area contributed by atoms with Crippen LogP contribution in [0.4, 0.5) is 0 Å². The van der Waals surface area contributed by atoms with E-state index in [1.807, 2.05) is 0 Å². The number of aliphatic hydroxyl groups is 1. The number of hydrogen-bond acceptors (Lipinski definition) is 2. The molecule has 2 aliphatic carbocycles. The van der Waals surface area contributed by atoms with E-state index in [1.54, 1.807) is 0 Å². The molecule has 2 rings (SSSR count). The zero-order valence-corrected chi connectivity index (χ0v) is 10.1. The van der Waals surface area contributed by atoms with Gasteiger partial charge < -0.3 is 10.4 Å². The van der Waals surface area contributed by atoms with Crippen LogP contribution in [0.3, 0.4) is 0 Å². The Morgan fingerprint density at radius 3 is 2.38 bits per heavy atom. The fourth-order valence-corrected chi connectivity index (χ4v) is 2.85. The highest BCUT2D eigenvalue weighted by Gasteiger charge is 2.36. The number of carbonyl (C=O) groups excluding carboxylic acids is 1. The summed E-state index contributed by atoms with van der Waals surface area (Å²) in [4.78, 5) is 11.9. The molecule has 0 spiro atoms. The molecule has 2 N–H and O–H groups in total. The molecule has 16 heavy (non-hydrogen) atoms. The van der Waals surface area contributed by atoms with Gasteiger partial charge >= 0.3 is 0 Å². The summed E-state index contributed by atoms with van der Waals surface area (Å²) in [6, 6.07) is 0.392. The van der Waals surface area contributed by atoms with Gasteiger partial charge in [0, 0.05) is 18.6 Å². The summed E-state index contributed by atoms with van der Waals surface area (Å²) in [6.07, 6.45) is 6.70. The quantitative estimate of drug-likeness (QED) is 0.768. The molecule has 0 heterocycles. The summed E-state index contributed by atoms with van der Waals surface area (Å²) in [7, 11) is 0. The van der Waals surface area contributed by atoms with Gasteiger partial charge in [0.25, 0.3) is 0 Å². The molecule has 0 bridgehead atoms. The Balaban J connectivity index is 1.75. The van der Waals surface area contributed by atoms with Crippen LogP contribution >= 0.6 is 0 Å². The van der Waals surface area contributed by atoms with E-state index in [0.29, 0.717) is 6.04 Å². The lowest BCUT2D eigenvalue weighted by atomic mass is 9.73. The van der Waals surface area contributed by atoms with Crippen LogP contribution in [-0.2, 0) is 4.79 Å². The molecule has 0 aromatic carbocycles. The molecule has 1 amide bonds. The monoisotopic (exact) mass is 225 g/mol. The van der Waals surface area contributed by atoms with Gasteiger partial charge in [-0.05, 0) is 50.4 Å². The van der Waals surface area contributed by atoms with E-state index < -0.39 is 0 Å². The Morgan fingerprint density at radius 2 is 1.88 bits per heavy atom. The van der Waals surface area contributed by atoms with E-state index in [-0.39, 0.29) is 24.3 Å². The number of hydrogen-bond donors (Lipinski definition) is 2. The van der Waals surface area contributed by atoms with Crippen molar-refractivity contribution in [3.63, 3.8) is 0 Å². The molecule has 2 fully saturated rings. The predicted octanol–water partition coefficient (Wildman–Crippen LogP) is 1.70. The van der Waals surface area contributed by atoms with Crippen LogP contribution in [0, 0.1) is 17.8 Å². The van der Waals surface area contributed by atoms with Gasteiger partial charge in [-0.25, -0.2) is 0 Å². The number of aliphatic hydroxyl groups excluding tert-OH is 1. The van der Waals surface area contributed by atoms with Gasteiger partial charge in [0.05, 0.1) is 0 Å². The summed E-state index contributed by atoms with van der Waals surface area (Å²) in [5, 5.41) is 12.2. The molecule has 0 saturated heterocycles. The Kier molecular flexibility index (Phi) is 3.85. The molecule has 0 aromatic rings. The van der Waals surface area contributed by atoms with E-state index in [9.17, 15) is 4.79 Å². The van der Waals surface area contributed by atoms with Crippen molar-refractivity contribution in [3.8, 4) is 0 Å². The van der Waals surface area contributed by atoms with Crippen LogP contribution in [0.1, 0.15) is 45.4 Å². The van der Waals surface area contributed by atoms with E-state index in [4.69, 9.17) is 5.11 Å². The van der Waals surface area contributed by atoms with Crippen molar-refractivity contribution in [1.29, 1.82) is 0 Å². The van der Waals surface area contributed by atoms with Gasteiger partial charge in [-0.3, -0.25) is 4.79 Å². The molecule has 92 valence electrons. The maximum atomic E-state index is 11.9. The first-order chi connectivity index (χ1) is 7.70. The zero-order valence-electron chi connectivity index (χ0n) is 10.1. The van der Waals surface area contributed by atoms with Crippen LogP contribution in [0.25, 0.3) is 0 Å². The zero-order chi connectivity index (χ0) is 11.5. The highest BCUT2D eigenvalue weighted by molar-refractivity contribution is 5.80. The molecule has 3 nitrogen and oxygen atoms in total. The van der Waals surface area contributed by atoms with Gasteiger partial charge in [-0.1, -0.05) is 6.92 Å². The van der Waals surface area contributed by atoms with Crippen LogP contribution in [0.15, 0.2) is 0 Å². The van der Waals surface area contributed by atoms with E-state index in [0.717, 1.165) is 31.6 Å². The Morgan fingerprint density at radius 1 is 1.19 bits per heavy atom. The van der Waals surface area contributed by atoms with Crippen molar-refractivity contribution < 1.29 is 9.90 Å². The summed E-state index contributed by atoms with van der Waals surface area (Å²) >= 11 is 0. The Labute approximate surface area is 97.6 Å². The van der Waals surface area contributed by atoms with E-state index >= 15 is 0 Å². The second-order valence-corrected chi connectivity index (χ2v) is 5.59. The molecule has 2 aliphatic rings. The van der Waals surface area contributed by atoms with Gasteiger partial charge in [0.1, 0.15) is 0 Å². The van der Waals surface area contributed by atoms with Crippen molar-refractivity contribution in [2.45, 2.75) is 51.5 Å². The van der Waals surface area contributed by atoms with Crippen molar-refractivity contribution in [1.82, 2.24) is 5.32 Å². The first-order valence-electron chi connectivity index (χ1n) is 6.62. The second kappa shape index (κ2) is 5.17. The summed E-state index contributed by atoms with van der Waals surface area (Å²) < 4.78 is 0. The normalized spacial score (nSPS) is 38.9. The fourth-order valence-electron chi connectivity index (χ4n) is 2.85. The molecule has 0 aliphatic heterocycles. The van der Waals surface area contributed by atoms with Crippen molar-refractivity contribution >= 4 is 5.91 Å². The predicted molar refractivity (Wildman–Crippen MR) is 62.9 cm³/mol. The van der Waals surface area contributed by atoms with Gasteiger partial charge in [-0.15, -0.1) is 0 Å². The number of carbonyl (C=O) groups is 1. The maximum Gasteiger partial charge on any atom is 0.223 e. The van der Waals surface area contributed by atoms with Gasteiger partial charge in [-0.2, -0.15) is 0 Å². The van der Waals surface area contributed by atoms with Crippen molar-refractivity contribution in [2.24, 2.45) is 17.8 Å². The van der Waals surface area contributed by atoms with E-state index in [1.165, 1.54) is 12.8 Å². The average molecular weight is 225 g/mol.